The van der Waals surface area contributed by atoms with Crippen LogP contribution in [0, 0.1) is 0 Å². The van der Waals surface area contributed by atoms with Gasteiger partial charge in [-0.1, -0.05) is 12.1 Å². The summed E-state index contributed by atoms with van der Waals surface area (Å²) < 4.78 is 9.68. The van der Waals surface area contributed by atoms with Gasteiger partial charge in [0.2, 0.25) is 11.8 Å². The molecule has 0 bridgehead atoms. The van der Waals surface area contributed by atoms with Crippen LogP contribution in [0.4, 0.5) is 4.79 Å². The van der Waals surface area contributed by atoms with Gasteiger partial charge >= 0.3 is 18.0 Å². The summed E-state index contributed by atoms with van der Waals surface area (Å²) in [5.41, 5.74) is -0.198. The Balaban J connectivity index is 2.82. The molecule has 0 aliphatic carbocycles. The fraction of sp³-hybridized carbons (Fsp3) is 0.476. The Morgan fingerprint density at radius 2 is 1.61 bits per heavy atom. The van der Waals surface area contributed by atoms with Gasteiger partial charge in [0, 0.05) is 6.42 Å². The van der Waals surface area contributed by atoms with Crippen LogP contribution in [0.2, 0.25) is 0 Å². The van der Waals surface area contributed by atoms with Crippen LogP contribution in [-0.4, -0.2) is 71.4 Å². The van der Waals surface area contributed by atoms with E-state index in [9.17, 15) is 29.1 Å². The maximum Gasteiger partial charge on any atom is 0.408 e. The number of phenolic OH excluding ortho intramolecular Hbond substituents is 1. The number of methoxy groups -OCH3 is 1. The Morgan fingerprint density at radius 3 is 2.12 bits per heavy atom. The second-order valence-electron chi connectivity index (χ2n) is 8.03. The van der Waals surface area contributed by atoms with Crippen molar-refractivity contribution in [3.63, 3.8) is 0 Å². The van der Waals surface area contributed by atoms with Crippen molar-refractivity contribution in [3.8, 4) is 5.75 Å². The van der Waals surface area contributed by atoms with Gasteiger partial charge in [0.05, 0.1) is 13.5 Å². The highest BCUT2D eigenvalue weighted by Gasteiger charge is 2.29. The molecule has 0 saturated heterocycles. The second kappa shape index (κ2) is 12.3. The third kappa shape index (κ3) is 10.8. The van der Waals surface area contributed by atoms with E-state index in [4.69, 9.17) is 9.84 Å². The monoisotopic (exact) mass is 467 g/mol. The minimum absolute atomic E-state index is 0.00731. The predicted molar refractivity (Wildman–Crippen MR) is 114 cm³/mol. The first-order chi connectivity index (χ1) is 15.3. The predicted octanol–water partition coefficient (Wildman–Crippen LogP) is 0.0767. The summed E-state index contributed by atoms with van der Waals surface area (Å²) in [6.45, 7) is 4.34. The molecular formula is C21H29N3O9. The average molecular weight is 467 g/mol. The molecule has 12 heteroatoms. The Labute approximate surface area is 190 Å². The highest BCUT2D eigenvalue weighted by molar-refractivity contribution is 5.94. The highest BCUT2D eigenvalue weighted by Crippen LogP contribution is 2.12. The smallest absolute Gasteiger partial charge is 0.408 e. The average Bonchev–Trinajstić information content (AvgIpc) is 2.70. The Morgan fingerprint density at radius 1 is 1.00 bits per heavy atom. The van der Waals surface area contributed by atoms with Crippen LogP contribution < -0.4 is 16.0 Å². The van der Waals surface area contributed by atoms with E-state index in [1.807, 2.05) is 0 Å². The number of phenols is 1. The van der Waals surface area contributed by atoms with Crippen LogP contribution in [0.1, 0.15) is 32.8 Å². The lowest BCUT2D eigenvalue weighted by Gasteiger charge is -2.22. The number of nitrogens with one attached hydrogen (secondary N) is 3. The van der Waals surface area contributed by atoms with Crippen molar-refractivity contribution in [1.29, 1.82) is 0 Å². The zero-order valence-electron chi connectivity index (χ0n) is 18.8. The van der Waals surface area contributed by atoms with Crippen molar-refractivity contribution in [3.05, 3.63) is 29.8 Å². The first-order valence-electron chi connectivity index (χ1n) is 9.95. The molecular weight excluding hydrogens is 438 g/mol. The molecule has 0 aromatic heterocycles. The van der Waals surface area contributed by atoms with Gasteiger partial charge in [-0.3, -0.25) is 14.4 Å². The summed E-state index contributed by atoms with van der Waals surface area (Å²) in [5.74, 6) is -3.92. The molecule has 12 nitrogen and oxygen atoms in total. The lowest BCUT2D eigenvalue weighted by Crippen LogP contribution is -2.54. The second-order valence-corrected chi connectivity index (χ2v) is 8.03. The summed E-state index contributed by atoms with van der Waals surface area (Å²) >= 11 is 0. The van der Waals surface area contributed by atoms with Gasteiger partial charge < -0.3 is 35.6 Å². The van der Waals surface area contributed by atoms with Crippen LogP contribution in [0.5, 0.6) is 5.75 Å². The number of carbonyl (C=O) groups excluding carboxylic acids is 4. The van der Waals surface area contributed by atoms with Crippen molar-refractivity contribution >= 4 is 29.8 Å². The minimum Gasteiger partial charge on any atom is -0.508 e. The number of aromatic hydroxyl groups is 1. The summed E-state index contributed by atoms with van der Waals surface area (Å²) in [6.07, 6.45) is -1.64. The molecule has 5 N–H and O–H groups in total. The standard InChI is InChI=1S/C21H29N3O9/c1-21(2,3)33-20(31)22-11-16(26)23-14(10-17(27)28)18(29)24-15(19(30)32-4)9-12-5-7-13(25)8-6-12/h5-8,14-15,25H,9-11H2,1-4H3,(H,22,31)(H,23,26)(H,24,29)(H,27,28)/t14-,15-/m0/s1. The Kier molecular flexibility index (Phi) is 10.1. The molecule has 0 saturated carbocycles. The molecule has 0 fully saturated rings. The topological polar surface area (TPSA) is 180 Å². The first kappa shape index (κ1) is 27.2. The molecule has 1 aromatic rings. The number of alkyl carbamates (subject to hydrolysis) is 1. The van der Waals surface area contributed by atoms with E-state index < -0.39 is 60.5 Å². The number of carbonyl (C=O) groups is 5. The van der Waals surface area contributed by atoms with Crippen molar-refractivity contribution in [2.24, 2.45) is 0 Å². The van der Waals surface area contributed by atoms with Crippen LogP contribution in [0.15, 0.2) is 24.3 Å². The van der Waals surface area contributed by atoms with E-state index in [-0.39, 0.29) is 12.2 Å². The number of rotatable bonds is 10. The number of benzene rings is 1. The van der Waals surface area contributed by atoms with E-state index in [0.29, 0.717) is 5.56 Å². The molecule has 182 valence electrons. The lowest BCUT2D eigenvalue weighted by atomic mass is 10.0. The molecule has 0 unspecified atom stereocenters. The SMILES string of the molecule is COC(=O)[C@H](Cc1ccc(O)cc1)NC(=O)[C@H](CC(=O)O)NC(=O)CNC(=O)OC(C)(C)C. The van der Waals surface area contributed by atoms with Gasteiger partial charge in [-0.05, 0) is 38.5 Å². The number of hydrogen-bond acceptors (Lipinski definition) is 8. The fourth-order valence-corrected chi connectivity index (χ4v) is 2.57. The number of carboxylic acids is 1. The molecule has 0 aliphatic heterocycles. The van der Waals surface area contributed by atoms with Gasteiger partial charge in [-0.2, -0.15) is 0 Å². The largest absolute Gasteiger partial charge is 0.508 e. The third-order valence-electron chi connectivity index (χ3n) is 4.00. The molecule has 3 amide bonds. The zero-order chi connectivity index (χ0) is 25.2. The number of hydrogen-bond donors (Lipinski definition) is 5. The van der Waals surface area contributed by atoms with Crippen LogP contribution in [-0.2, 0) is 35.1 Å². The number of esters is 1. The van der Waals surface area contributed by atoms with Crippen LogP contribution in [0.3, 0.4) is 0 Å². The highest BCUT2D eigenvalue weighted by atomic mass is 16.6. The van der Waals surface area contributed by atoms with E-state index in [0.717, 1.165) is 7.11 Å². The first-order valence-corrected chi connectivity index (χ1v) is 9.95. The third-order valence-corrected chi connectivity index (χ3v) is 4.00. The van der Waals surface area contributed by atoms with Gasteiger partial charge in [0.25, 0.3) is 0 Å². The molecule has 0 heterocycles. The molecule has 33 heavy (non-hydrogen) atoms. The number of ether oxygens (including phenoxy) is 2. The molecule has 2 atom stereocenters. The van der Waals surface area contributed by atoms with Crippen molar-refractivity contribution in [2.75, 3.05) is 13.7 Å². The molecule has 0 aliphatic rings. The molecule has 0 radical (unpaired) electrons. The van der Waals surface area contributed by atoms with Crippen molar-refractivity contribution in [1.82, 2.24) is 16.0 Å². The number of carboxylic acid groups (broad SMARTS) is 1. The number of aliphatic carboxylic acids is 1. The lowest BCUT2D eigenvalue weighted by molar-refractivity contribution is -0.145. The van der Waals surface area contributed by atoms with Gasteiger partial charge in [0.15, 0.2) is 0 Å². The molecule has 1 rings (SSSR count). The van der Waals surface area contributed by atoms with E-state index in [1.54, 1.807) is 20.8 Å². The Hall–Kier alpha value is -3.83. The van der Waals surface area contributed by atoms with Crippen molar-refractivity contribution in [2.45, 2.75) is 51.3 Å². The van der Waals surface area contributed by atoms with Gasteiger partial charge in [-0.25, -0.2) is 9.59 Å². The zero-order valence-corrected chi connectivity index (χ0v) is 18.8. The quantitative estimate of drug-likeness (QED) is 0.298. The van der Waals surface area contributed by atoms with Gasteiger partial charge in [0.1, 0.15) is 30.0 Å². The summed E-state index contributed by atoms with van der Waals surface area (Å²) in [4.78, 5) is 59.8. The maximum absolute atomic E-state index is 12.7. The number of amides is 3. The van der Waals surface area contributed by atoms with E-state index in [2.05, 4.69) is 20.7 Å². The normalized spacial score (nSPS) is 12.6. The maximum atomic E-state index is 12.7. The summed E-state index contributed by atoms with van der Waals surface area (Å²) in [7, 11) is 1.12. The Bertz CT molecular complexity index is 863. The summed E-state index contributed by atoms with van der Waals surface area (Å²) in [6, 6.07) is 3.17. The van der Waals surface area contributed by atoms with E-state index >= 15 is 0 Å². The molecule has 0 spiro atoms. The van der Waals surface area contributed by atoms with Gasteiger partial charge in [-0.15, -0.1) is 0 Å². The molecule has 1 aromatic carbocycles. The summed E-state index contributed by atoms with van der Waals surface area (Å²) in [5, 5.41) is 25.3. The fourth-order valence-electron chi connectivity index (χ4n) is 2.57. The van der Waals surface area contributed by atoms with E-state index in [1.165, 1.54) is 24.3 Å². The minimum atomic E-state index is -1.53. The van der Waals surface area contributed by atoms with Crippen LogP contribution in [0.25, 0.3) is 0 Å². The van der Waals surface area contributed by atoms with Crippen LogP contribution >= 0.6 is 0 Å². The van der Waals surface area contributed by atoms with Crippen molar-refractivity contribution < 1.29 is 43.7 Å².